The molecule has 0 saturated carbocycles. The highest BCUT2D eigenvalue weighted by molar-refractivity contribution is 7.89. The second-order valence-corrected chi connectivity index (χ2v) is 6.05. The van der Waals surface area contributed by atoms with Gasteiger partial charge in [-0.15, -0.1) is 0 Å². The van der Waals surface area contributed by atoms with Crippen LogP contribution in [0.4, 0.5) is 0 Å². The third-order valence-electron chi connectivity index (χ3n) is 2.68. The molecule has 0 aromatic carbocycles. The van der Waals surface area contributed by atoms with Crippen LogP contribution in [-0.2, 0) is 14.8 Å². The van der Waals surface area contributed by atoms with Crippen molar-refractivity contribution >= 4 is 16.0 Å². The predicted octanol–water partition coefficient (Wildman–Crippen LogP) is 0.523. The second kappa shape index (κ2) is 4.94. The van der Waals surface area contributed by atoms with Gasteiger partial charge in [0, 0.05) is 13.1 Å². The van der Waals surface area contributed by atoms with Gasteiger partial charge in [0.2, 0.25) is 10.0 Å². The van der Waals surface area contributed by atoms with Gasteiger partial charge in [0.15, 0.2) is 5.75 Å². The zero-order chi connectivity index (χ0) is 11.5. The summed E-state index contributed by atoms with van der Waals surface area (Å²) in [4.78, 5) is 10.4. The van der Waals surface area contributed by atoms with Crippen molar-refractivity contribution in [1.29, 1.82) is 0 Å². The smallest absolute Gasteiger partial charge is 0.320 e. The third-order valence-corrected chi connectivity index (χ3v) is 4.44. The molecule has 0 bridgehead atoms. The first-order valence-corrected chi connectivity index (χ1v) is 6.72. The van der Waals surface area contributed by atoms with Gasteiger partial charge in [-0.25, -0.2) is 12.7 Å². The van der Waals surface area contributed by atoms with E-state index in [1.165, 1.54) is 4.31 Å². The molecule has 0 aliphatic carbocycles. The number of nitrogens with zero attached hydrogens (tertiary/aromatic N) is 1. The van der Waals surface area contributed by atoms with E-state index in [2.05, 4.69) is 6.92 Å². The highest BCUT2D eigenvalue weighted by Gasteiger charge is 2.26. The number of aliphatic carboxylic acids is 1. The minimum absolute atomic E-state index is 0.455. The molecule has 0 amide bonds. The fraction of sp³-hybridized carbons (Fsp3) is 0.889. The first-order valence-electron chi connectivity index (χ1n) is 5.11. The van der Waals surface area contributed by atoms with Crippen LogP contribution in [0.3, 0.4) is 0 Å². The lowest BCUT2D eigenvalue weighted by Gasteiger charge is -2.18. The van der Waals surface area contributed by atoms with Crippen molar-refractivity contribution in [3.05, 3.63) is 0 Å². The first kappa shape index (κ1) is 12.4. The van der Waals surface area contributed by atoms with Crippen molar-refractivity contribution < 1.29 is 18.3 Å². The number of rotatable bonds is 3. The summed E-state index contributed by atoms with van der Waals surface area (Å²) in [7, 11) is -3.60. The average molecular weight is 235 g/mol. The molecular formula is C9H17NO4S. The molecular weight excluding hydrogens is 218 g/mol. The summed E-state index contributed by atoms with van der Waals surface area (Å²) in [6.07, 6.45) is 2.65. The number of hydrogen-bond donors (Lipinski definition) is 1. The Morgan fingerprint density at radius 1 is 1.40 bits per heavy atom. The maximum absolute atomic E-state index is 11.6. The average Bonchev–Trinajstić information content (AvgIpc) is 2.27. The molecule has 88 valence electrons. The maximum Gasteiger partial charge on any atom is 0.320 e. The molecule has 1 atom stereocenters. The number of carbonyl (C=O) groups is 1. The Balaban J connectivity index is 2.66. The number of hydrogen-bond acceptors (Lipinski definition) is 3. The molecule has 0 radical (unpaired) electrons. The fourth-order valence-electron chi connectivity index (χ4n) is 1.76. The van der Waals surface area contributed by atoms with E-state index < -0.39 is 21.7 Å². The summed E-state index contributed by atoms with van der Waals surface area (Å²) in [6, 6.07) is 0. The van der Waals surface area contributed by atoms with Gasteiger partial charge >= 0.3 is 5.97 Å². The molecule has 1 N–H and O–H groups in total. The quantitative estimate of drug-likeness (QED) is 0.774. The lowest BCUT2D eigenvalue weighted by atomic mass is 10.0. The van der Waals surface area contributed by atoms with Gasteiger partial charge in [-0.2, -0.15) is 0 Å². The van der Waals surface area contributed by atoms with Crippen LogP contribution in [0.25, 0.3) is 0 Å². The Hall–Kier alpha value is -0.620. The van der Waals surface area contributed by atoms with Crippen LogP contribution >= 0.6 is 0 Å². The van der Waals surface area contributed by atoms with Crippen LogP contribution in [0, 0.1) is 5.92 Å². The van der Waals surface area contributed by atoms with Gasteiger partial charge < -0.3 is 5.11 Å². The van der Waals surface area contributed by atoms with Crippen molar-refractivity contribution in [1.82, 2.24) is 4.31 Å². The normalized spacial score (nSPS) is 24.7. The zero-order valence-electron chi connectivity index (χ0n) is 8.85. The lowest BCUT2D eigenvalue weighted by Crippen LogP contribution is -2.36. The van der Waals surface area contributed by atoms with Crippen molar-refractivity contribution in [3.8, 4) is 0 Å². The molecule has 1 fully saturated rings. The number of carboxylic acid groups (broad SMARTS) is 1. The fourth-order valence-corrected chi connectivity index (χ4v) is 3.05. The molecule has 1 unspecified atom stereocenters. The Morgan fingerprint density at radius 2 is 2.07 bits per heavy atom. The second-order valence-electron chi connectivity index (χ2n) is 4.09. The summed E-state index contributed by atoms with van der Waals surface area (Å²) in [5, 5.41) is 8.50. The molecule has 1 rings (SSSR count). The number of carboxylic acids is 1. The lowest BCUT2D eigenvalue weighted by molar-refractivity contribution is -0.134. The molecule has 15 heavy (non-hydrogen) atoms. The molecule has 1 aliphatic rings. The van der Waals surface area contributed by atoms with E-state index >= 15 is 0 Å². The molecule has 6 heteroatoms. The van der Waals surface area contributed by atoms with Gasteiger partial charge in [0.1, 0.15) is 0 Å². The van der Waals surface area contributed by atoms with Gasteiger partial charge in [-0.05, 0) is 25.2 Å². The predicted molar refractivity (Wildman–Crippen MR) is 56.0 cm³/mol. The van der Waals surface area contributed by atoms with Crippen LogP contribution in [0.5, 0.6) is 0 Å². The zero-order valence-corrected chi connectivity index (χ0v) is 9.66. The van der Waals surface area contributed by atoms with Crippen LogP contribution in [0.2, 0.25) is 0 Å². The van der Waals surface area contributed by atoms with Crippen molar-refractivity contribution in [2.24, 2.45) is 5.92 Å². The van der Waals surface area contributed by atoms with E-state index in [0.29, 0.717) is 19.0 Å². The largest absolute Gasteiger partial charge is 0.480 e. The third kappa shape index (κ3) is 3.79. The van der Waals surface area contributed by atoms with Crippen molar-refractivity contribution in [2.75, 3.05) is 18.8 Å². The Kier molecular flexibility index (Phi) is 4.10. The summed E-state index contributed by atoms with van der Waals surface area (Å²) in [5.74, 6) is -1.55. The molecule has 5 nitrogen and oxygen atoms in total. The molecule has 0 aromatic rings. The Bertz CT molecular complexity index is 325. The molecule has 1 aliphatic heterocycles. The highest BCUT2D eigenvalue weighted by Crippen LogP contribution is 2.18. The molecule has 0 aromatic heterocycles. The van der Waals surface area contributed by atoms with E-state index in [4.69, 9.17) is 5.11 Å². The standard InChI is InChI=1S/C9H17NO4S/c1-8-3-2-5-10(6-4-8)15(13,14)7-9(11)12/h8H,2-7H2,1H3,(H,11,12). The Morgan fingerprint density at radius 3 is 2.67 bits per heavy atom. The molecule has 1 saturated heterocycles. The first-order chi connectivity index (χ1) is 6.92. The van der Waals surface area contributed by atoms with Gasteiger partial charge in [0.05, 0.1) is 0 Å². The summed E-state index contributed by atoms with van der Waals surface area (Å²) in [5.41, 5.74) is 0. The Labute approximate surface area is 90.1 Å². The van der Waals surface area contributed by atoms with Crippen molar-refractivity contribution in [3.63, 3.8) is 0 Å². The van der Waals surface area contributed by atoms with Crippen LogP contribution in [0.15, 0.2) is 0 Å². The van der Waals surface area contributed by atoms with E-state index in [0.717, 1.165) is 19.3 Å². The number of sulfonamides is 1. The maximum atomic E-state index is 11.6. The van der Waals surface area contributed by atoms with Crippen LogP contribution < -0.4 is 0 Å². The molecule has 1 heterocycles. The van der Waals surface area contributed by atoms with E-state index in [1.807, 2.05) is 0 Å². The van der Waals surface area contributed by atoms with E-state index in [1.54, 1.807) is 0 Å². The van der Waals surface area contributed by atoms with Gasteiger partial charge in [0.25, 0.3) is 0 Å². The highest BCUT2D eigenvalue weighted by atomic mass is 32.2. The van der Waals surface area contributed by atoms with Crippen LogP contribution in [-0.4, -0.2) is 42.6 Å². The van der Waals surface area contributed by atoms with Crippen LogP contribution in [0.1, 0.15) is 26.2 Å². The summed E-state index contributed by atoms with van der Waals surface area (Å²) >= 11 is 0. The molecule has 0 spiro atoms. The van der Waals surface area contributed by atoms with Gasteiger partial charge in [-0.1, -0.05) is 6.92 Å². The van der Waals surface area contributed by atoms with Gasteiger partial charge in [-0.3, -0.25) is 4.79 Å². The van der Waals surface area contributed by atoms with E-state index in [9.17, 15) is 13.2 Å². The minimum atomic E-state index is -3.60. The minimum Gasteiger partial charge on any atom is -0.480 e. The van der Waals surface area contributed by atoms with Crippen molar-refractivity contribution in [2.45, 2.75) is 26.2 Å². The topological polar surface area (TPSA) is 74.7 Å². The SMILES string of the molecule is CC1CCCN(S(=O)(=O)CC(=O)O)CC1. The monoisotopic (exact) mass is 235 g/mol. The summed E-state index contributed by atoms with van der Waals surface area (Å²) in [6.45, 7) is 3.00. The summed E-state index contributed by atoms with van der Waals surface area (Å²) < 4.78 is 24.5. The van der Waals surface area contributed by atoms with E-state index in [-0.39, 0.29) is 0 Å².